The number of ether oxygens (including phenoxy) is 3. The quantitative estimate of drug-likeness (QED) is 0.201. The van der Waals surface area contributed by atoms with Crippen molar-refractivity contribution in [1.82, 2.24) is 0 Å². The molecule has 0 bridgehead atoms. The fourth-order valence-electron chi connectivity index (χ4n) is 1.80. The average molecular weight is 332 g/mol. The van der Waals surface area contributed by atoms with Gasteiger partial charge in [-0.15, -0.1) is 6.58 Å². The molecule has 0 aliphatic carbocycles. The summed E-state index contributed by atoms with van der Waals surface area (Å²) >= 11 is 0. The van der Waals surface area contributed by atoms with Crippen molar-refractivity contribution in [3.05, 3.63) is 12.2 Å². The minimum atomic E-state index is -0.0428. The molecule has 0 heterocycles. The van der Waals surface area contributed by atoms with Gasteiger partial charge in [-0.25, -0.2) is 5.90 Å². The minimum Gasteiger partial charge on any atom is -0.394 e. The van der Waals surface area contributed by atoms with Gasteiger partial charge in [-0.3, -0.25) is 0 Å². The maximum absolute atomic E-state index is 5.36. The Kier molecular flexibility index (Phi) is 14.0. The van der Waals surface area contributed by atoms with Crippen LogP contribution in [0.2, 0.25) is 0 Å². The second-order valence-electron chi connectivity index (χ2n) is 5.90. The summed E-state index contributed by atoms with van der Waals surface area (Å²) in [5, 5.41) is 3.97. The average Bonchev–Trinajstić information content (AvgIpc) is 2.46. The van der Waals surface area contributed by atoms with Gasteiger partial charge in [-0.2, -0.15) is 0 Å². The summed E-state index contributed by atoms with van der Waals surface area (Å²) in [6, 6.07) is 0. The molecule has 136 valence electrons. The third-order valence-electron chi connectivity index (χ3n) is 2.64. The van der Waals surface area contributed by atoms with Gasteiger partial charge in [0.25, 0.3) is 0 Å². The molecule has 0 aromatic rings. The molecule has 2 N–H and O–H groups in total. The van der Waals surface area contributed by atoms with E-state index >= 15 is 0 Å². The van der Waals surface area contributed by atoms with Gasteiger partial charge in [0.05, 0.1) is 46.2 Å². The van der Waals surface area contributed by atoms with Crippen LogP contribution < -0.4 is 5.90 Å². The lowest BCUT2D eigenvalue weighted by Gasteiger charge is -2.18. The van der Waals surface area contributed by atoms with Gasteiger partial charge in [0.1, 0.15) is 6.61 Å². The number of rotatable bonds is 16. The molecule has 0 aliphatic rings. The first-order valence-corrected chi connectivity index (χ1v) is 7.84. The highest BCUT2D eigenvalue weighted by Crippen LogP contribution is 2.21. The molecule has 0 saturated heterocycles. The van der Waals surface area contributed by atoms with Gasteiger partial charge in [0.15, 0.2) is 0 Å². The molecule has 0 aromatic heterocycles. The van der Waals surface area contributed by atoms with Gasteiger partial charge in [-0.1, -0.05) is 24.6 Å². The Labute approximate surface area is 139 Å². The summed E-state index contributed by atoms with van der Waals surface area (Å²) in [5.74, 6) is 4.86. The highest BCUT2D eigenvalue weighted by molar-refractivity contribution is 5.64. The van der Waals surface area contributed by atoms with Crippen molar-refractivity contribution in [3.63, 3.8) is 0 Å². The van der Waals surface area contributed by atoms with Crippen LogP contribution in [0.4, 0.5) is 0 Å². The second kappa shape index (κ2) is 14.6. The normalized spacial score (nSPS) is 12.0. The summed E-state index contributed by atoms with van der Waals surface area (Å²) in [6.07, 6.45) is 2.69. The number of allylic oxidation sites excluding steroid dienone is 1. The molecule has 0 spiro atoms. The van der Waals surface area contributed by atoms with E-state index < -0.39 is 0 Å². The van der Waals surface area contributed by atoms with Gasteiger partial charge in [0.2, 0.25) is 0 Å². The zero-order valence-electron chi connectivity index (χ0n) is 14.7. The zero-order valence-corrected chi connectivity index (χ0v) is 14.7. The fourth-order valence-corrected chi connectivity index (χ4v) is 1.80. The molecule has 0 fully saturated rings. The molecular weight excluding hydrogens is 300 g/mol. The second-order valence-corrected chi connectivity index (χ2v) is 5.90. The molecular formula is C16H32N2O5. The Morgan fingerprint density at radius 2 is 1.43 bits per heavy atom. The summed E-state index contributed by atoms with van der Waals surface area (Å²) in [4.78, 5) is 9.53. The van der Waals surface area contributed by atoms with Crippen LogP contribution in [0.1, 0.15) is 27.2 Å². The summed E-state index contributed by atoms with van der Waals surface area (Å²) in [5.41, 5.74) is 1.08. The maximum Gasteiger partial charge on any atom is 0.140 e. The lowest BCUT2D eigenvalue weighted by Crippen LogP contribution is -2.14. The molecule has 0 aromatic carbocycles. The molecule has 0 rings (SSSR count). The first-order chi connectivity index (χ1) is 11.0. The highest BCUT2D eigenvalue weighted by atomic mass is 16.6. The minimum absolute atomic E-state index is 0.0428. The Hall–Kier alpha value is -0.990. The van der Waals surface area contributed by atoms with Crippen LogP contribution in [0.25, 0.3) is 0 Å². The van der Waals surface area contributed by atoms with E-state index in [-0.39, 0.29) is 5.41 Å². The van der Waals surface area contributed by atoms with Crippen LogP contribution in [0.3, 0.4) is 0 Å². The van der Waals surface area contributed by atoms with E-state index in [9.17, 15) is 0 Å². The van der Waals surface area contributed by atoms with Crippen LogP contribution >= 0.6 is 0 Å². The predicted molar refractivity (Wildman–Crippen MR) is 90.3 cm³/mol. The van der Waals surface area contributed by atoms with E-state index in [0.717, 1.165) is 12.0 Å². The van der Waals surface area contributed by atoms with E-state index in [1.54, 1.807) is 6.21 Å². The van der Waals surface area contributed by atoms with Crippen LogP contribution in [-0.2, 0) is 23.9 Å². The Morgan fingerprint density at radius 1 is 0.957 bits per heavy atom. The zero-order chi connectivity index (χ0) is 17.4. The fraction of sp³-hybridized carbons (Fsp3) is 0.812. The van der Waals surface area contributed by atoms with Gasteiger partial charge < -0.3 is 23.9 Å². The smallest absolute Gasteiger partial charge is 0.140 e. The molecule has 0 saturated carbocycles. The van der Waals surface area contributed by atoms with Crippen molar-refractivity contribution in [2.24, 2.45) is 16.5 Å². The highest BCUT2D eigenvalue weighted by Gasteiger charge is 2.14. The van der Waals surface area contributed by atoms with Gasteiger partial charge >= 0.3 is 0 Å². The molecule has 0 atom stereocenters. The van der Waals surface area contributed by atoms with E-state index in [2.05, 4.69) is 30.4 Å². The van der Waals surface area contributed by atoms with Crippen molar-refractivity contribution in [2.45, 2.75) is 27.2 Å². The molecule has 23 heavy (non-hydrogen) atoms. The molecule has 7 nitrogen and oxygen atoms in total. The van der Waals surface area contributed by atoms with Gasteiger partial charge in [0, 0.05) is 11.6 Å². The Morgan fingerprint density at radius 3 is 1.91 bits per heavy atom. The first kappa shape index (κ1) is 22.0. The van der Waals surface area contributed by atoms with Crippen LogP contribution in [0, 0.1) is 5.41 Å². The SMILES string of the molecule is C=C(C)CC(C)(C)/C=N/OCCOCCOCCOCCON. The van der Waals surface area contributed by atoms with Crippen molar-refractivity contribution in [2.75, 3.05) is 52.9 Å². The molecule has 0 aliphatic heterocycles. The van der Waals surface area contributed by atoms with Gasteiger partial charge in [-0.05, 0) is 13.3 Å². The maximum atomic E-state index is 5.36. The number of nitrogens with two attached hydrogens (primary N) is 1. The van der Waals surface area contributed by atoms with Crippen molar-refractivity contribution >= 4 is 6.21 Å². The van der Waals surface area contributed by atoms with E-state index in [0.29, 0.717) is 52.9 Å². The van der Waals surface area contributed by atoms with E-state index in [1.807, 2.05) is 6.92 Å². The number of nitrogens with zero attached hydrogens (tertiary/aromatic N) is 1. The van der Waals surface area contributed by atoms with Crippen LogP contribution in [0.5, 0.6) is 0 Å². The third kappa shape index (κ3) is 17.2. The first-order valence-electron chi connectivity index (χ1n) is 7.84. The number of hydrogen-bond donors (Lipinski definition) is 1. The lowest BCUT2D eigenvalue weighted by molar-refractivity contribution is -0.0108. The number of hydrogen-bond acceptors (Lipinski definition) is 7. The van der Waals surface area contributed by atoms with Crippen LogP contribution in [0.15, 0.2) is 17.3 Å². The van der Waals surface area contributed by atoms with Crippen molar-refractivity contribution in [3.8, 4) is 0 Å². The van der Waals surface area contributed by atoms with Crippen molar-refractivity contribution < 1.29 is 23.9 Å². The van der Waals surface area contributed by atoms with E-state index in [4.69, 9.17) is 24.9 Å². The van der Waals surface area contributed by atoms with Crippen molar-refractivity contribution in [1.29, 1.82) is 0 Å². The Bertz CT molecular complexity index is 322. The lowest BCUT2D eigenvalue weighted by atomic mass is 9.88. The third-order valence-corrected chi connectivity index (χ3v) is 2.64. The standard InChI is InChI=1S/C16H32N2O5/c1-15(2)13-16(3,4)14-18-23-12-10-21-8-6-19-5-7-20-9-11-22-17/h14H,1,5-13,17H2,2-4H3/b18-14+. The topological polar surface area (TPSA) is 84.5 Å². The summed E-state index contributed by atoms with van der Waals surface area (Å²) in [7, 11) is 0. The molecule has 0 radical (unpaired) electrons. The molecule has 0 unspecified atom stereocenters. The van der Waals surface area contributed by atoms with Crippen LogP contribution in [-0.4, -0.2) is 59.1 Å². The largest absolute Gasteiger partial charge is 0.394 e. The monoisotopic (exact) mass is 332 g/mol. The Balaban J connectivity index is 3.32. The molecule has 7 heteroatoms. The van der Waals surface area contributed by atoms with E-state index in [1.165, 1.54) is 0 Å². The summed E-state index contributed by atoms with van der Waals surface area (Å²) < 4.78 is 15.9. The predicted octanol–water partition coefficient (Wildman–Crippen LogP) is 1.92. The summed E-state index contributed by atoms with van der Waals surface area (Å²) in [6.45, 7) is 13.9. The number of oxime groups is 1. The molecule has 0 amide bonds.